The van der Waals surface area contributed by atoms with Crippen LogP contribution in [-0.4, -0.2) is 47.8 Å². The van der Waals surface area contributed by atoms with Crippen LogP contribution >= 0.6 is 0 Å². The van der Waals surface area contributed by atoms with E-state index in [-0.39, 0.29) is 11.5 Å². The van der Waals surface area contributed by atoms with E-state index in [1.807, 2.05) is 18.0 Å². The first-order valence-electron chi connectivity index (χ1n) is 8.81. The quantitative estimate of drug-likeness (QED) is 0.636. The van der Waals surface area contributed by atoms with Crippen molar-refractivity contribution >= 4 is 29.2 Å². The molecule has 0 unspecified atom stereocenters. The molecule has 0 spiro atoms. The second-order valence-corrected chi connectivity index (χ2v) is 7.32. The summed E-state index contributed by atoms with van der Waals surface area (Å²) in [5, 5.41) is 19.2. The average molecular weight is 420 g/mol. The third-order valence-corrected chi connectivity index (χ3v) is 3.69. The summed E-state index contributed by atoms with van der Waals surface area (Å²) in [6.07, 6.45) is -2.96. The Labute approximate surface area is 167 Å². The lowest BCUT2D eigenvalue weighted by Gasteiger charge is -2.22. The normalized spacial score (nSPS) is 11.2. The fourth-order valence-corrected chi connectivity index (χ4v) is 1.89. The number of alkyl halides is 3. The van der Waals surface area contributed by atoms with Gasteiger partial charge >= 0.3 is 18.1 Å². The molecule has 29 heavy (non-hydrogen) atoms. The number of aromatic carboxylic acids is 1. The SMILES string of the molecule is CCCCN(C)c1ccc(NC(=O)C(C)(C)C)c(C(=O)O)c1.O=C(O)C(F)(F)F. The molecule has 0 saturated carbocycles. The molecule has 0 fully saturated rings. The first-order chi connectivity index (χ1) is 13.1. The van der Waals surface area contributed by atoms with Gasteiger partial charge in [0.15, 0.2) is 0 Å². The molecule has 3 N–H and O–H groups in total. The summed E-state index contributed by atoms with van der Waals surface area (Å²) in [6, 6.07) is 5.10. The molecule has 1 aromatic carbocycles. The van der Waals surface area contributed by atoms with Crippen LogP contribution in [0.3, 0.4) is 0 Å². The predicted molar refractivity (Wildman–Crippen MR) is 103 cm³/mol. The number of unbranched alkanes of at least 4 members (excludes halogenated alkanes) is 1. The van der Waals surface area contributed by atoms with Crippen LogP contribution in [0.25, 0.3) is 0 Å². The summed E-state index contributed by atoms with van der Waals surface area (Å²) in [5.74, 6) is -4.01. The van der Waals surface area contributed by atoms with Crippen LogP contribution in [0, 0.1) is 5.41 Å². The van der Waals surface area contributed by atoms with Crippen molar-refractivity contribution in [3.05, 3.63) is 23.8 Å². The largest absolute Gasteiger partial charge is 0.490 e. The molecular weight excluding hydrogens is 393 g/mol. The summed E-state index contributed by atoms with van der Waals surface area (Å²) in [7, 11) is 1.93. The monoisotopic (exact) mass is 420 g/mol. The fraction of sp³-hybridized carbons (Fsp3) is 0.526. The molecule has 164 valence electrons. The number of carboxylic acid groups (broad SMARTS) is 2. The zero-order valence-electron chi connectivity index (χ0n) is 17.1. The van der Waals surface area contributed by atoms with Crippen LogP contribution in [0.2, 0.25) is 0 Å². The van der Waals surface area contributed by atoms with Crippen LogP contribution in [-0.2, 0) is 9.59 Å². The molecule has 0 bridgehead atoms. The maximum atomic E-state index is 12.1. The Hall–Kier alpha value is -2.78. The number of rotatable bonds is 6. The summed E-state index contributed by atoms with van der Waals surface area (Å²) in [5.41, 5.74) is 0.699. The van der Waals surface area contributed by atoms with Crippen LogP contribution in [0.4, 0.5) is 24.5 Å². The molecule has 0 heterocycles. The van der Waals surface area contributed by atoms with Gasteiger partial charge in [-0.15, -0.1) is 0 Å². The Morgan fingerprint density at radius 3 is 2.00 bits per heavy atom. The van der Waals surface area contributed by atoms with E-state index >= 15 is 0 Å². The Morgan fingerprint density at radius 1 is 1.10 bits per heavy atom. The molecule has 0 saturated heterocycles. The fourth-order valence-electron chi connectivity index (χ4n) is 1.89. The molecule has 1 amide bonds. The maximum absolute atomic E-state index is 12.1. The minimum absolute atomic E-state index is 0.110. The van der Waals surface area contributed by atoms with Crippen molar-refractivity contribution in [1.82, 2.24) is 0 Å². The van der Waals surface area contributed by atoms with Gasteiger partial charge in [-0.05, 0) is 24.6 Å². The summed E-state index contributed by atoms with van der Waals surface area (Å²) < 4.78 is 31.7. The van der Waals surface area contributed by atoms with E-state index in [2.05, 4.69) is 12.2 Å². The number of hydrogen-bond donors (Lipinski definition) is 3. The lowest BCUT2D eigenvalue weighted by Crippen LogP contribution is -2.28. The first kappa shape index (κ1) is 26.2. The molecule has 1 aromatic rings. The van der Waals surface area contributed by atoms with Crippen molar-refractivity contribution in [3.63, 3.8) is 0 Å². The highest BCUT2D eigenvalue weighted by Crippen LogP contribution is 2.25. The van der Waals surface area contributed by atoms with Crippen molar-refractivity contribution in [1.29, 1.82) is 0 Å². The Kier molecular flexibility index (Phi) is 9.66. The standard InChI is InChI=1S/C17H26N2O3.C2HF3O2/c1-6-7-10-19(5)12-8-9-14(13(11-12)15(20)21)18-16(22)17(2,3)4;3-2(4,5)1(6)7/h8-9,11H,6-7,10H2,1-5H3,(H,18,22)(H,20,21);(H,6,7). The van der Waals surface area contributed by atoms with Crippen LogP contribution in [0.1, 0.15) is 50.9 Å². The third kappa shape index (κ3) is 9.31. The zero-order valence-corrected chi connectivity index (χ0v) is 17.1. The molecule has 0 aromatic heterocycles. The number of benzene rings is 1. The maximum Gasteiger partial charge on any atom is 0.490 e. The highest BCUT2D eigenvalue weighted by Gasteiger charge is 2.38. The van der Waals surface area contributed by atoms with Gasteiger partial charge in [0.05, 0.1) is 11.3 Å². The number of carbonyl (C=O) groups is 3. The van der Waals surface area contributed by atoms with Gasteiger partial charge in [0.1, 0.15) is 0 Å². The van der Waals surface area contributed by atoms with Crippen LogP contribution in [0.15, 0.2) is 18.2 Å². The number of aliphatic carboxylic acids is 1. The van der Waals surface area contributed by atoms with E-state index < -0.39 is 23.5 Å². The van der Waals surface area contributed by atoms with Crippen molar-refractivity contribution < 1.29 is 37.8 Å². The third-order valence-electron chi connectivity index (χ3n) is 3.69. The molecule has 7 nitrogen and oxygen atoms in total. The van der Waals surface area contributed by atoms with Crippen molar-refractivity contribution in [2.24, 2.45) is 5.41 Å². The van der Waals surface area contributed by atoms with E-state index in [4.69, 9.17) is 9.90 Å². The van der Waals surface area contributed by atoms with E-state index in [1.165, 1.54) is 0 Å². The average Bonchev–Trinajstić information content (AvgIpc) is 2.58. The first-order valence-corrected chi connectivity index (χ1v) is 8.81. The van der Waals surface area contributed by atoms with Gasteiger partial charge in [-0.25, -0.2) is 9.59 Å². The summed E-state index contributed by atoms with van der Waals surface area (Å²) in [4.78, 5) is 34.4. The Morgan fingerprint density at radius 2 is 1.62 bits per heavy atom. The number of hydrogen-bond acceptors (Lipinski definition) is 4. The van der Waals surface area contributed by atoms with Gasteiger partial charge in [-0.1, -0.05) is 34.1 Å². The van der Waals surface area contributed by atoms with Crippen LogP contribution in [0.5, 0.6) is 0 Å². The molecule has 1 rings (SSSR count). The molecule has 0 radical (unpaired) electrons. The summed E-state index contributed by atoms with van der Waals surface area (Å²) in [6.45, 7) is 8.34. The number of nitrogens with zero attached hydrogens (tertiary/aromatic N) is 1. The van der Waals surface area contributed by atoms with Gasteiger partial charge in [-0.2, -0.15) is 13.2 Å². The van der Waals surface area contributed by atoms with Gasteiger partial charge in [-0.3, -0.25) is 4.79 Å². The molecule has 0 aliphatic carbocycles. The summed E-state index contributed by atoms with van der Waals surface area (Å²) >= 11 is 0. The van der Waals surface area contributed by atoms with Gasteiger partial charge in [0, 0.05) is 24.7 Å². The van der Waals surface area contributed by atoms with E-state index in [1.54, 1.807) is 32.9 Å². The number of carboxylic acids is 2. The molecule has 0 atom stereocenters. The number of halogens is 3. The highest BCUT2D eigenvalue weighted by molar-refractivity contribution is 6.02. The number of anilines is 2. The Bertz CT molecular complexity index is 728. The smallest absolute Gasteiger partial charge is 0.478 e. The van der Waals surface area contributed by atoms with E-state index in [9.17, 15) is 27.9 Å². The zero-order chi connectivity index (χ0) is 23.0. The highest BCUT2D eigenvalue weighted by atomic mass is 19.4. The molecule has 0 aliphatic heterocycles. The van der Waals surface area contributed by atoms with Crippen LogP contribution < -0.4 is 10.2 Å². The molecular formula is C19H27F3N2O5. The molecule has 10 heteroatoms. The lowest BCUT2D eigenvalue weighted by molar-refractivity contribution is -0.192. The number of amides is 1. The second kappa shape index (κ2) is 10.7. The lowest BCUT2D eigenvalue weighted by atomic mass is 9.95. The van der Waals surface area contributed by atoms with Gasteiger partial charge < -0.3 is 20.4 Å². The van der Waals surface area contributed by atoms with Crippen molar-refractivity contribution in [2.45, 2.75) is 46.7 Å². The number of carbonyl (C=O) groups excluding carboxylic acids is 1. The van der Waals surface area contributed by atoms with E-state index in [0.29, 0.717) is 5.69 Å². The van der Waals surface area contributed by atoms with Crippen molar-refractivity contribution in [2.75, 3.05) is 23.8 Å². The minimum atomic E-state index is -5.08. The number of nitrogens with one attached hydrogen (secondary N) is 1. The topological polar surface area (TPSA) is 107 Å². The van der Waals surface area contributed by atoms with E-state index in [0.717, 1.165) is 25.1 Å². The second-order valence-electron chi connectivity index (χ2n) is 7.32. The van der Waals surface area contributed by atoms with Crippen molar-refractivity contribution in [3.8, 4) is 0 Å². The minimum Gasteiger partial charge on any atom is -0.478 e. The van der Waals surface area contributed by atoms with Gasteiger partial charge in [0.25, 0.3) is 0 Å². The Balaban J connectivity index is 0.000000956. The molecule has 0 aliphatic rings. The predicted octanol–water partition coefficient (Wildman–Crippen LogP) is 4.24. The van der Waals surface area contributed by atoms with Gasteiger partial charge in [0.2, 0.25) is 5.91 Å².